The third-order valence-electron chi connectivity index (χ3n) is 3.96. The number of nitrogens with zero attached hydrogens (tertiary/aromatic N) is 2. The zero-order chi connectivity index (χ0) is 20.8. The average Bonchev–Trinajstić information content (AvgIpc) is 3.16. The maximum Gasteiger partial charge on any atom is 0.268 e. The van der Waals surface area contributed by atoms with Gasteiger partial charge in [0.1, 0.15) is 17.4 Å². The molecule has 1 aromatic heterocycles. The Hall–Kier alpha value is -2.85. The van der Waals surface area contributed by atoms with Crippen molar-refractivity contribution in [2.75, 3.05) is 12.4 Å². The first kappa shape index (κ1) is 20.9. The van der Waals surface area contributed by atoms with E-state index in [1.807, 2.05) is 18.2 Å². The highest BCUT2D eigenvalue weighted by atomic mass is 35.5. The molecule has 29 heavy (non-hydrogen) atoms. The molecule has 8 heteroatoms. The van der Waals surface area contributed by atoms with Gasteiger partial charge in [-0.25, -0.2) is 4.98 Å². The van der Waals surface area contributed by atoms with Crippen molar-refractivity contribution in [3.8, 4) is 11.8 Å². The Balaban J connectivity index is 1.70. The summed E-state index contributed by atoms with van der Waals surface area (Å²) in [4.78, 5) is 17.6. The summed E-state index contributed by atoms with van der Waals surface area (Å²) < 4.78 is 5.10. The van der Waals surface area contributed by atoms with Crippen molar-refractivity contribution in [1.29, 1.82) is 5.26 Å². The normalized spacial score (nSPS) is 11.0. The molecule has 0 saturated carbocycles. The van der Waals surface area contributed by atoms with E-state index < -0.39 is 5.91 Å². The van der Waals surface area contributed by atoms with Crippen LogP contribution < -0.4 is 10.1 Å². The summed E-state index contributed by atoms with van der Waals surface area (Å²) in [5.74, 6) is 0.172. The van der Waals surface area contributed by atoms with E-state index in [1.165, 1.54) is 17.4 Å². The lowest BCUT2D eigenvalue weighted by Crippen LogP contribution is -2.13. The number of carbonyl (C=O) groups excluding carboxylic acids is 1. The molecule has 1 amide bonds. The smallest absolute Gasteiger partial charge is 0.268 e. The molecule has 3 rings (SSSR count). The second-order valence-electron chi connectivity index (χ2n) is 5.92. The molecule has 1 heterocycles. The summed E-state index contributed by atoms with van der Waals surface area (Å²) in [6.07, 6.45) is 3.71. The van der Waals surface area contributed by atoms with Gasteiger partial charge in [0.05, 0.1) is 17.2 Å². The first-order valence-electron chi connectivity index (χ1n) is 8.45. The van der Waals surface area contributed by atoms with Crippen molar-refractivity contribution >= 4 is 51.7 Å². The molecule has 0 bridgehead atoms. The Morgan fingerprint density at radius 3 is 2.72 bits per heavy atom. The second kappa shape index (κ2) is 9.57. The fourth-order valence-electron chi connectivity index (χ4n) is 2.50. The number of benzene rings is 2. The highest BCUT2D eigenvalue weighted by molar-refractivity contribution is 7.15. The Labute approximate surface area is 182 Å². The van der Waals surface area contributed by atoms with Crippen LogP contribution in [0.3, 0.4) is 0 Å². The Morgan fingerprint density at radius 1 is 1.28 bits per heavy atom. The molecule has 146 valence electrons. The Bertz CT molecular complexity index is 1100. The lowest BCUT2D eigenvalue weighted by molar-refractivity contribution is -0.112. The molecule has 0 saturated heterocycles. The first-order chi connectivity index (χ1) is 14.0. The van der Waals surface area contributed by atoms with E-state index in [-0.39, 0.29) is 5.57 Å². The summed E-state index contributed by atoms with van der Waals surface area (Å²) in [6, 6.07) is 14.4. The standard InChI is InChI=1S/C21H15Cl2N3O2S/c1-28-16-7-5-13(6-8-16)9-15(11-24)20(27)26-21-25-12-17(29-21)10-14-3-2-4-18(22)19(14)23/h2-9,12H,10H2,1H3,(H,25,26,27). The number of thiazole rings is 1. The molecule has 0 spiro atoms. The van der Waals surface area contributed by atoms with E-state index in [2.05, 4.69) is 10.3 Å². The Kier molecular flexibility index (Phi) is 6.89. The number of amides is 1. The quantitative estimate of drug-likeness (QED) is 0.397. The molecule has 0 fully saturated rings. The van der Waals surface area contributed by atoms with Crippen LogP contribution in [0.1, 0.15) is 16.0 Å². The first-order valence-corrected chi connectivity index (χ1v) is 10.0. The van der Waals surface area contributed by atoms with Crippen LogP contribution >= 0.6 is 34.5 Å². The van der Waals surface area contributed by atoms with Crippen molar-refractivity contribution in [1.82, 2.24) is 4.98 Å². The van der Waals surface area contributed by atoms with Crippen LogP contribution in [-0.2, 0) is 11.2 Å². The minimum Gasteiger partial charge on any atom is -0.497 e. The minimum absolute atomic E-state index is 0.0233. The van der Waals surface area contributed by atoms with Crippen molar-refractivity contribution < 1.29 is 9.53 Å². The third kappa shape index (κ3) is 5.36. The summed E-state index contributed by atoms with van der Waals surface area (Å²) in [7, 11) is 1.57. The highest BCUT2D eigenvalue weighted by Gasteiger charge is 2.13. The molecule has 0 atom stereocenters. The van der Waals surface area contributed by atoms with E-state index in [0.29, 0.717) is 32.9 Å². The summed E-state index contributed by atoms with van der Waals surface area (Å²) in [6.45, 7) is 0. The highest BCUT2D eigenvalue weighted by Crippen LogP contribution is 2.29. The number of anilines is 1. The van der Waals surface area contributed by atoms with Gasteiger partial charge in [-0.3, -0.25) is 10.1 Å². The van der Waals surface area contributed by atoms with E-state index in [9.17, 15) is 10.1 Å². The van der Waals surface area contributed by atoms with Crippen LogP contribution in [0.5, 0.6) is 5.75 Å². The number of halogens is 2. The van der Waals surface area contributed by atoms with Crippen LogP contribution in [0.2, 0.25) is 10.0 Å². The molecule has 0 aliphatic carbocycles. The zero-order valence-corrected chi connectivity index (χ0v) is 17.6. The largest absolute Gasteiger partial charge is 0.497 e. The summed E-state index contributed by atoms with van der Waals surface area (Å²) >= 11 is 13.6. The molecule has 0 aliphatic rings. The molecule has 0 radical (unpaired) electrons. The molecular formula is C21H15Cl2N3O2S. The van der Waals surface area contributed by atoms with Gasteiger partial charge in [-0.1, -0.05) is 47.5 Å². The van der Waals surface area contributed by atoms with Gasteiger partial charge < -0.3 is 4.74 Å². The van der Waals surface area contributed by atoms with Gasteiger partial charge in [0.2, 0.25) is 0 Å². The molecular weight excluding hydrogens is 429 g/mol. The lowest BCUT2D eigenvalue weighted by Gasteiger charge is -2.03. The molecule has 1 N–H and O–H groups in total. The minimum atomic E-state index is -0.523. The lowest BCUT2D eigenvalue weighted by atomic mass is 10.1. The van der Waals surface area contributed by atoms with Gasteiger partial charge in [0.15, 0.2) is 5.13 Å². The fraction of sp³-hybridized carbons (Fsp3) is 0.0952. The summed E-state index contributed by atoms with van der Waals surface area (Å²) in [5, 5.41) is 13.4. The maximum absolute atomic E-state index is 12.4. The molecule has 0 aliphatic heterocycles. The average molecular weight is 444 g/mol. The van der Waals surface area contributed by atoms with Gasteiger partial charge in [0.25, 0.3) is 5.91 Å². The van der Waals surface area contributed by atoms with Crippen molar-refractivity contribution in [2.24, 2.45) is 0 Å². The van der Waals surface area contributed by atoms with Gasteiger partial charge in [-0.15, -0.1) is 11.3 Å². The zero-order valence-electron chi connectivity index (χ0n) is 15.3. The van der Waals surface area contributed by atoms with Crippen molar-refractivity contribution in [2.45, 2.75) is 6.42 Å². The fourth-order valence-corrected chi connectivity index (χ4v) is 3.72. The third-order valence-corrected chi connectivity index (χ3v) is 5.73. The second-order valence-corrected chi connectivity index (χ2v) is 7.82. The molecule has 0 unspecified atom stereocenters. The van der Waals surface area contributed by atoms with Crippen LogP contribution in [0.15, 0.2) is 54.2 Å². The number of nitrogens with one attached hydrogen (secondary N) is 1. The number of hydrogen-bond acceptors (Lipinski definition) is 5. The monoisotopic (exact) mass is 443 g/mol. The topological polar surface area (TPSA) is 75.0 Å². The van der Waals surface area contributed by atoms with Crippen LogP contribution in [-0.4, -0.2) is 18.0 Å². The number of carbonyl (C=O) groups is 1. The number of aromatic nitrogens is 1. The van der Waals surface area contributed by atoms with Gasteiger partial charge >= 0.3 is 0 Å². The SMILES string of the molecule is COc1ccc(C=C(C#N)C(=O)Nc2ncc(Cc3cccc(Cl)c3Cl)s2)cc1. The summed E-state index contributed by atoms with van der Waals surface area (Å²) in [5.41, 5.74) is 1.57. The van der Waals surface area contributed by atoms with E-state index >= 15 is 0 Å². The molecule has 2 aromatic carbocycles. The Morgan fingerprint density at radius 2 is 2.03 bits per heavy atom. The number of nitriles is 1. The predicted molar refractivity (Wildman–Crippen MR) is 117 cm³/mol. The maximum atomic E-state index is 12.4. The number of methoxy groups -OCH3 is 1. The molecule has 5 nitrogen and oxygen atoms in total. The number of rotatable bonds is 6. The van der Waals surface area contributed by atoms with Crippen LogP contribution in [0.4, 0.5) is 5.13 Å². The molecule has 3 aromatic rings. The van der Waals surface area contributed by atoms with E-state index in [0.717, 1.165) is 10.4 Å². The van der Waals surface area contributed by atoms with Crippen LogP contribution in [0, 0.1) is 11.3 Å². The van der Waals surface area contributed by atoms with Gasteiger partial charge in [-0.05, 0) is 35.4 Å². The van der Waals surface area contributed by atoms with Gasteiger partial charge in [0, 0.05) is 17.5 Å². The number of hydrogen-bond donors (Lipinski definition) is 1. The number of ether oxygens (including phenoxy) is 1. The van der Waals surface area contributed by atoms with Gasteiger partial charge in [-0.2, -0.15) is 5.26 Å². The van der Waals surface area contributed by atoms with E-state index in [1.54, 1.807) is 43.6 Å². The van der Waals surface area contributed by atoms with E-state index in [4.69, 9.17) is 27.9 Å². The van der Waals surface area contributed by atoms with Crippen molar-refractivity contribution in [3.63, 3.8) is 0 Å². The predicted octanol–water partition coefficient (Wildman–Crippen LogP) is 5.59. The van der Waals surface area contributed by atoms with Crippen molar-refractivity contribution in [3.05, 3.63) is 80.3 Å². The van der Waals surface area contributed by atoms with Crippen LogP contribution in [0.25, 0.3) is 6.08 Å².